The van der Waals surface area contributed by atoms with Gasteiger partial charge in [0, 0.05) is 6.42 Å². The number of rotatable bonds is 6. The van der Waals surface area contributed by atoms with Crippen LogP contribution < -0.4 is 0 Å². The molecular formula is C23H20F3NO3S. The van der Waals surface area contributed by atoms with Crippen LogP contribution in [0.1, 0.15) is 22.3 Å². The highest BCUT2D eigenvalue weighted by Gasteiger charge is 2.30. The van der Waals surface area contributed by atoms with Crippen molar-refractivity contribution < 1.29 is 26.3 Å². The molecule has 0 aliphatic carbocycles. The zero-order valence-electron chi connectivity index (χ0n) is 16.6. The molecule has 0 saturated carbocycles. The van der Waals surface area contributed by atoms with E-state index in [1.54, 1.807) is 12.1 Å². The number of hydrogen-bond acceptors (Lipinski definition) is 3. The summed E-state index contributed by atoms with van der Waals surface area (Å²) in [4.78, 5) is 0.00586. The Hall–Kier alpha value is -3.13. The maximum absolute atomic E-state index is 12.8. The number of aryl methyl sites for hydroxylation is 1. The van der Waals surface area contributed by atoms with Crippen molar-refractivity contribution in [3.63, 3.8) is 0 Å². The zero-order valence-corrected chi connectivity index (χ0v) is 17.5. The SMILES string of the molecule is Cc1ccc(S(=O)(=O)/N=C(/Cc2ccc(C(F)(F)F)cc2)OCc2ccccc2)cc1. The van der Waals surface area contributed by atoms with E-state index in [-0.39, 0.29) is 23.8 Å². The molecule has 0 unspecified atom stereocenters. The first kappa shape index (κ1) is 22.6. The molecule has 0 atom stereocenters. The molecule has 0 radical (unpaired) electrons. The number of nitrogens with zero attached hydrogens (tertiary/aromatic N) is 1. The van der Waals surface area contributed by atoms with E-state index < -0.39 is 21.8 Å². The standard InChI is InChI=1S/C23H20F3NO3S/c1-17-7-13-21(14-8-17)31(28,29)27-22(30-16-19-5-3-2-4-6-19)15-18-9-11-20(12-10-18)23(24,25)26/h2-14H,15-16H2,1H3/b27-22-. The van der Waals surface area contributed by atoms with Crippen LogP contribution in [-0.4, -0.2) is 14.3 Å². The summed E-state index contributed by atoms with van der Waals surface area (Å²) in [6, 6.07) is 19.7. The van der Waals surface area contributed by atoms with E-state index >= 15 is 0 Å². The van der Waals surface area contributed by atoms with Gasteiger partial charge in [-0.1, -0.05) is 60.2 Å². The van der Waals surface area contributed by atoms with Gasteiger partial charge in [0.05, 0.1) is 10.5 Å². The lowest BCUT2D eigenvalue weighted by Crippen LogP contribution is -2.13. The van der Waals surface area contributed by atoms with Crippen molar-refractivity contribution in [1.29, 1.82) is 0 Å². The van der Waals surface area contributed by atoms with E-state index in [0.29, 0.717) is 5.56 Å². The van der Waals surface area contributed by atoms with Crippen LogP contribution in [0.2, 0.25) is 0 Å². The van der Waals surface area contributed by atoms with Crippen LogP contribution in [-0.2, 0) is 34.0 Å². The number of alkyl halides is 3. The molecule has 0 amide bonds. The van der Waals surface area contributed by atoms with Crippen LogP contribution in [0.4, 0.5) is 13.2 Å². The topological polar surface area (TPSA) is 55.7 Å². The molecule has 0 aliphatic rings. The minimum Gasteiger partial charge on any atom is -0.475 e. The smallest absolute Gasteiger partial charge is 0.416 e. The molecule has 0 fully saturated rings. The number of hydrogen-bond donors (Lipinski definition) is 0. The molecule has 31 heavy (non-hydrogen) atoms. The maximum atomic E-state index is 12.8. The third kappa shape index (κ3) is 6.42. The molecule has 0 spiro atoms. The number of benzene rings is 3. The number of ether oxygens (including phenoxy) is 1. The highest BCUT2D eigenvalue weighted by Crippen LogP contribution is 2.29. The molecule has 0 bridgehead atoms. The summed E-state index contributed by atoms with van der Waals surface area (Å²) in [7, 11) is -4.05. The van der Waals surface area contributed by atoms with Crippen LogP contribution in [0.15, 0.2) is 88.2 Å². The van der Waals surface area contributed by atoms with Crippen LogP contribution in [0.3, 0.4) is 0 Å². The van der Waals surface area contributed by atoms with Gasteiger partial charge in [0.25, 0.3) is 10.0 Å². The molecule has 0 aromatic heterocycles. The summed E-state index contributed by atoms with van der Waals surface area (Å²) in [6.45, 7) is 1.91. The molecule has 3 aromatic carbocycles. The normalized spacial score (nSPS) is 12.6. The third-order valence-electron chi connectivity index (χ3n) is 4.43. The van der Waals surface area contributed by atoms with Crippen LogP contribution in [0.5, 0.6) is 0 Å². The van der Waals surface area contributed by atoms with E-state index in [0.717, 1.165) is 23.3 Å². The van der Waals surface area contributed by atoms with Gasteiger partial charge in [-0.15, -0.1) is 4.40 Å². The lowest BCUT2D eigenvalue weighted by molar-refractivity contribution is -0.137. The van der Waals surface area contributed by atoms with Gasteiger partial charge in [-0.05, 0) is 42.3 Å². The van der Waals surface area contributed by atoms with Gasteiger partial charge in [0.2, 0.25) is 5.90 Å². The Bertz CT molecular complexity index is 1140. The predicted molar refractivity (Wildman–Crippen MR) is 112 cm³/mol. The van der Waals surface area contributed by atoms with Crippen molar-refractivity contribution >= 4 is 15.9 Å². The summed E-state index contributed by atoms with van der Waals surface area (Å²) >= 11 is 0. The summed E-state index contributed by atoms with van der Waals surface area (Å²) in [5.41, 5.74) is 1.36. The van der Waals surface area contributed by atoms with Crippen molar-refractivity contribution in [2.75, 3.05) is 0 Å². The monoisotopic (exact) mass is 447 g/mol. The van der Waals surface area contributed by atoms with Gasteiger partial charge in [0.1, 0.15) is 6.61 Å². The Morgan fingerprint density at radius 2 is 1.48 bits per heavy atom. The average Bonchev–Trinajstić information content (AvgIpc) is 2.73. The Kier molecular flexibility index (Phi) is 6.80. The fraction of sp³-hybridized carbons (Fsp3) is 0.174. The Morgan fingerprint density at radius 1 is 0.871 bits per heavy atom. The van der Waals surface area contributed by atoms with Crippen LogP contribution in [0, 0.1) is 6.92 Å². The van der Waals surface area contributed by atoms with Crippen molar-refractivity contribution in [2.45, 2.75) is 31.0 Å². The third-order valence-corrected chi connectivity index (χ3v) is 5.74. The maximum Gasteiger partial charge on any atom is 0.416 e. The lowest BCUT2D eigenvalue weighted by Gasteiger charge is -2.11. The first-order valence-electron chi connectivity index (χ1n) is 9.37. The summed E-state index contributed by atoms with van der Waals surface area (Å²) in [5, 5.41) is 0. The van der Waals surface area contributed by atoms with Gasteiger partial charge in [-0.2, -0.15) is 21.6 Å². The Balaban J connectivity index is 1.88. The van der Waals surface area contributed by atoms with E-state index in [1.165, 1.54) is 24.3 Å². The predicted octanol–water partition coefficient (Wildman–Crippen LogP) is 5.56. The van der Waals surface area contributed by atoms with Crippen LogP contribution >= 0.6 is 0 Å². The fourth-order valence-corrected chi connectivity index (χ4v) is 3.70. The molecule has 8 heteroatoms. The van der Waals surface area contributed by atoms with Crippen molar-refractivity contribution in [1.82, 2.24) is 0 Å². The highest BCUT2D eigenvalue weighted by molar-refractivity contribution is 7.90. The Morgan fingerprint density at radius 3 is 2.06 bits per heavy atom. The number of sulfonamides is 1. The van der Waals surface area contributed by atoms with E-state index in [4.69, 9.17) is 4.74 Å². The van der Waals surface area contributed by atoms with Gasteiger partial charge >= 0.3 is 6.18 Å². The summed E-state index contributed by atoms with van der Waals surface area (Å²) < 4.78 is 73.3. The zero-order chi connectivity index (χ0) is 22.5. The molecule has 3 aromatic rings. The second kappa shape index (κ2) is 9.34. The van der Waals surface area contributed by atoms with Crippen molar-refractivity contribution in [2.24, 2.45) is 4.40 Å². The molecular weight excluding hydrogens is 427 g/mol. The van der Waals surface area contributed by atoms with E-state index in [2.05, 4.69) is 4.40 Å². The molecule has 3 rings (SSSR count). The van der Waals surface area contributed by atoms with E-state index in [1.807, 2.05) is 37.3 Å². The average molecular weight is 447 g/mol. The van der Waals surface area contributed by atoms with Gasteiger partial charge in [0.15, 0.2) is 0 Å². The molecule has 162 valence electrons. The molecule has 0 aliphatic heterocycles. The largest absolute Gasteiger partial charge is 0.475 e. The Labute approximate surface area is 179 Å². The fourth-order valence-electron chi connectivity index (χ4n) is 2.73. The van der Waals surface area contributed by atoms with Crippen molar-refractivity contribution in [3.05, 3.63) is 101 Å². The van der Waals surface area contributed by atoms with Crippen LogP contribution in [0.25, 0.3) is 0 Å². The van der Waals surface area contributed by atoms with E-state index in [9.17, 15) is 21.6 Å². The lowest BCUT2D eigenvalue weighted by atomic mass is 10.1. The minimum absolute atomic E-state index is 0.00586. The summed E-state index contributed by atoms with van der Waals surface area (Å²) in [5.74, 6) is -0.107. The first-order chi connectivity index (χ1) is 14.6. The van der Waals surface area contributed by atoms with Gasteiger partial charge in [-0.3, -0.25) is 0 Å². The first-order valence-corrected chi connectivity index (χ1v) is 10.8. The van der Waals surface area contributed by atoms with Gasteiger partial charge in [-0.25, -0.2) is 0 Å². The molecule has 4 nitrogen and oxygen atoms in total. The second-order valence-corrected chi connectivity index (χ2v) is 8.52. The number of halogens is 3. The summed E-state index contributed by atoms with van der Waals surface area (Å²) in [6.07, 6.45) is -4.52. The molecule has 0 heterocycles. The second-order valence-electron chi connectivity index (χ2n) is 6.92. The van der Waals surface area contributed by atoms with Crippen molar-refractivity contribution in [3.8, 4) is 0 Å². The minimum atomic E-state index is -4.45. The van der Waals surface area contributed by atoms with Gasteiger partial charge < -0.3 is 4.74 Å². The molecule has 0 saturated heterocycles. The highest BCUT2D eigenvalue weighted by atomic mass is 32.2. The molecule has 0 N–H and O–H groups in total. The quantitative estimate of drug-likeness (QED) is 0.367.